The van der Waals surface area contributed by atoms with Crippen LogP contribution in [0.2, 0.25) is 0 Å². The van der Waals surface area contributed by atoms with Crippen molar-refractivity contribution in [3.63, 3.8) is 0 Å². The van der Waals surface area contributed by atoms with Gasteiger partial charge in [-0.25, -0.2) is 9.97 Å². The predicted molar refractivity (Wildman–Crippen MR) is 63.4 cm³/mol. The Balaban J connectivity index is 2.90. The molecule has 0 amide bonds. The number of aryl methyl sites for hydroxylation is 1. The zero-order valence-electron chi connectivity index (χ0n) is 10.0. The van der Waals surface area contributed by atoms with Gasteiger partial charge in [-0.15, -0.1) is 0 Å². The molecular formula is C11H20N4. The second-order valence-electron chi connectivity index (χ2n) is 3.74. The highest BCUT2D eigenvalue weighted by Gasteiger charge is 2.04. The van der Waals surface area contributed by atoms with Gasteiger partial charge in [-0.3, -0.25) is 0 Å². The van der Waals surface area contributed by atoms with Crippen LogP contribution in [0.15, 0.2) is 6.07 Å². The van der Waals surface area contributed by atoms with Crippen LogP contribution < -0.4 is 10.2 Å². The summed E-state index contributed by atoms with van der Waals surface area (Å²) in [6.07, 6.45) is 1.83. The molecule has 1 N–H and O–H groups in total. The molecule has 84 valence electrons. The molecular weight excluding hydrogens is 188 g/mol. The Morgan fingerprint density at radius 2 is 2.07 bits per heavy atom. The molecule has 4 nitrogen and oxygen atoms in total. The lowest BCUT2D eigenvalue weighted by Crippen LogP contribution is -2.16. The van der Waals surface area contributed by atoms with E-state index in [9.17, 15) is 0 Å². The first-order valence-electron chi connectivity index (χ1n) is 5.36. The summed E-state index contributed by atoms with van der Waals surface area (Å²) in [6.45, 7) is 3.03. The molecule has 4 heteroatoms. The van der Waals surface area contributed by atoms with Crippen LogP contribution in [-0.4, -0.2) is 37.7 Å². The highest BCUT2D eigenvalue weighted by Crippen LogP contribution is 2.10. The van der Waals surface area contributed by atoms with Crippen LogP contribution in [0, 0.1) is 0 Å². The fourth-order valence-electron chi connectivity index (χ4n) is 1.30. The van der Waals surface area contributed by atoms with Crippen molar-refractivity contribution in [3.8, 4) is 0 Å². The van der Waals surface area contributed by atoms with Crippen LogP contribution in [-0.2, 0) is 12.8 Å². The maximum atomic E-state index is 4.49. The molecule has 0 spiro atoms. The Morgan fingerprint density at radius 3 is 2.60 bits per heavy atom. The van der Waals surface area contributed by atoms with E-state index in [2.05, 4.69) is 28.3 Å². The molecule has 0 bridgehead atoms. The van der Waals surface area contributed by atoms with Crippen LogP contribution >= 0.6 is 0 Å². The van der Waals surface area contributed by atoms with Crippen molar-refractivity contribution in [3.05, 3.63) is 17.6 Å². The van der Waals surface area contributed by atoms with E-state index in [1.807, 2.05) is 26.0 Å². The normalized spacial score (nSPS) is 10.4. The van der Waals surface area contributed by atoms with Gasteiger partial charge in [0.2, 0.25) is 0 Å². The minimum absolute atomic E-state index is 0.883. The average molecular weight is 208 g/mol. The number of nitrogens with one attached hydrogen (secondary N) is 1. The maximum absolute atomic E-state index is 4.49. The molecule has 1 rings (SSSR count). The lowest BCUT2D eigenvalue weighted by atomic mass is 10.2. The van der Waals surface area contributed by atoms with Gasteiger partial charge in [0.25, 0.3) is 0 Å². The summed E-state index contributed by atoms with van der Waals surface area (Å²) in [5.41, 5.74) is 1.11. The summed E-state index contributed by atoms with van der Waals surface area (Å²) in [7, 11) is 5.96. The number of nitrogens with zero attached hydrogens (tertiary/aromatic N) is 3. The molecule has 1 aromatic rings. The highest BCUT2D eigenvalue weighted by molar-refractivity contribution is 5.37. The first kappa shape index (κ1) is 11.9. The number of hydrogen-bond donors (Lipinski definition) is 1. The van der Waals surface area contributed by atoms with Gasteiger partial charge in [-0.1, -0.05) is 6.92 Å². The van der Waals surface area contributed by atoms with Gasteiger partial charge in [-0.05, 0) is 7.05 Å². The molecule has 0 atom stereocenters. The summed E-state index contributed by atoms with van der Waals surface area (Å²) in [6, 6.07) is 2.05. The lowest BCUT2D eigenvalue weighted by Gasteiger charge is -2.13. The zero-order valence-corrected chi connectivity index (χ0v) is 10.0. The van der Waals surface area contributed by atoms with E-state index in [0.29, 0.717) is 0 Å². The van der Waals surface area contributed by atoms with Crippen molar-refractivity contribution in [1.29, 1.82) is 0 Å². The fraction of sp³-hybridized carbons (Fsp3) is 0.636. The quantitative estimate of drug-likeness (QED) is 0.779. The first-order chi connectivity index (χ1) is 7.17. The molecule has 0 saturated carbocycles. The average Bonchev–Trinajstić information content (AvgIpc) is 2.25. The summed E-state index contributed by atoms with van der Waals surface area (Å²) in [5, 5.41) is 3.13. The fourth-order valence-corrected chi connectivity index (χ4v) is 1.30. The summed E-state index contributed by atoms with van der Waals surface area (Å²) in [5.74, 6) is 1.92. The van der Waals surface area contributed by atoms with Crippen molar-refractivity contribution in [2.75, 3.05) is 32.6 Å². The van der Waals surface area contributed by atoms with Gasteiger partial charge < -0.3 is 10.2 Å². The Kier molecular flexibility index (Phi) is 4.49. The van der Waals surface area contributed by atoms with Gasteiger partial charge in [0.1, 0.15) is 11.6 Å². The minimum atomic E-state index is 0.883. The van der Waals surface area contributed by atoms with E-state index in [1.54, 1.807) is 0 Å². The van der Waals surface area contributed by atoms with Crippen molar-refractivity contribution < 1.29 is 0 Å². The predicted octanol–water partition coefficient (Wildman–Crippen LogP) is 0.867. The molecule has 0 fully saturated rings. The summed E-state index contributed by atoms with van der Waals surface area (Å²) < 4.78 is 0. The molecule has 15 heavy (non-hydrogen) atoms. The third kappa shape index (κ3) is 3.47. The Morgan fingerprint density at radius 1 is 1.33 bits per heavy atom. The third-order valence-corrected chi connectivity index (χ3v) is 2.22. The Hall–Kier alpha value is -1.16. The van der Waals surface area contributed by atoms with Crippen molar-refractivity contribution >= 4 is 5.82 Å². The number of rotatable bonds is 5. The maximum Gasteiger partial charge on any atom is 0.132 e. The van der Waals surface area contributed by atoms with E-state index >= 15 is 0 Å². The van der Waals surface area contributed by atoms with Gasteiger partial charge in [0, 0.05) is 45.2 Å². The molecule has 0 unspecified atom stereocenters. The largest absolute Gasteiger partial charge is 0.363 e. The molecule has 0 aromatic carbocycles. The molecule has 0 aliphatic heterocycles. The van der Waals surface area contributed by atoms with Crippen LogP contribution in [0.3, 0.4) is 0 Å². The van der Waals surface area contributed by atoms with Crippen LogP contribution in [0.25, 0.3) is 0 Å². The highest BCUT2D eigenvalue weighted by atomic mass is 15.1. The molecule has 1 aromatic heterocycles. The van der Waals surface area contributed by atoms with E-state index in [1.165, 1.54) is 0 Å². The molecule has 1 heterocycles. The van der Waals surface area contributed by atoms with Crippen molar-refractivity contribution in [2.24, 2.45) is 0 Å². The van der Waals surface area contributed by atoms with Crippen molar-refractivity contribution in [2.45, 2.75) is 19.8 Å². The minimum Gasteiger partial charge on any atom is -0.363 e. The van der Waals surface area contributed by atoms with Crippen molar-refractivity contribution in [1.82, 2.24) is 15.3 Å². The first-order valence-corrected chi connectivity index (χ1v) is 5.36. The van der Waals surface area contributed by atoms with Gasteiger partial charge in [-0.2, -0.15) is 0 Å². The van der Waals surface area contributed by atoms with Crippen LogP contribution in [0.4, 0.5) is 5.82 Å². The van der Waals surface area contributed by atoms with Crippen LogP contribution in [0.1, 0.15) is 18.4 Å². The van der Waals surface area contributed by atoms with E-state index in [-0.39, 0.29) is 0 Å². The number of likely N-dealkylation sites (N-methyl/N-ethyl adjacent to an activating group) is 1. The molecule has 0 aliphatic carbocycles. The monoisotopic (exact) mass is 208 g/mol. The Labute approximate surface area is 91.7 Å². The zero-order chi connectivity index (χ0) is 11.3. The smallest absolute Gasteiger partial charge is 0.132 e. The lowest BCUT2D eigenvalue weighted by molar-refractivity contribution is 0.761. The van der Waals surface area contributed by atoms with Crippen LogP contribution in [0.5, 0.6) is 0 Å². The topological polar surface area (TPSA) is 41.1 Å². The standard InChI is InChI=1S/C11H20N4/c1-5-10-13-9(6-7-12-2)8-11(14-10)15(3)4/h8,12H,5-7H2,1-4H3. The third-order valence-electron chi connectivity index (χ3n) is 2.22. The number of anilines is 1. The number of hydrogen-bond acceptors (Lipinski definition) is 4. The number of aromatic nitrogens is 2. The van der Waals surface area contributed by atoms with E-state index < -0.39 is 0 Å². The second kappa shape index (κ2) is 5.66. The molecule has 0 saturated heterocycles. The Bertz CT molecular complexity index is 309. The van der Waals surface area contributed by atoms with E-state index in [0.717, 1.165) is 36.7 Å². The molecule has 0 radical (unpaired) electrons. The van der Waals surface area contributed by atoms with Gasteiger partial charge in [0.15, 0.2) is 0 Å². The van der Waals surface area contributed by atoms with E-state index in [4.69, 9.17) is 0 Å². The molecule has 0 aliphatic rings. The van der Waals surface area contributed by atoms with Gasteiger partial charge in [0.05, 0.1) is 0 Å². The second-order valence-corrected chi connectivity index (χ2v) is 3.74. The SMILES string of the molecule is CCc1nc(CCNC)cc(N(C)C)n1. The summed E-state index contributed by atoms with van der Waals surface area (Å²) in [4.78, 5) is 11.0. The van der Waals surface area contributed by atoms with Gasteiger partial charge >= 0.3 is 0 Å². The summed E-state index contributed by atoms with van der Waals surface area (Å²) >= 11 is 0.